The summed E-state index contributed by atoms with van der Waals surface area (Å²) in [6.45, 7) is 6.46. The van der Waals surface area contributed by atoms with Crippen LogP contribution in [0.1, 0.15) is 23.6 Å². The Hall–Kier alpha value is -2.70. The standard InChI is InChI=1S/C11H14N2.C9H10N2.2CH4O/c1-4-9-5-6-10-7-12-13(3)11(10)8(9)2;1-7-4-3-5-8-6-10-11(2)9(7)8;2*1-2/h5-7H,4H2,1-3H3;3-6H,1-2H3;2*2H,1H3. The summed E-state index contributed by atoms with van der Waals surface area (Å²) in [5, 5.41) is 24.9. The highest BCUT2D eigenvalue weighted by molar-refractivity contribution is 5.83. The van der Waals surface area contributed by atoms with Crippen LogP contribution in [0.4, 0.5) is 0 Å². The number of aliphatic hydroxyl groups is 2. The number of hydrogen-bond donors (Lipinski definition) is 2. The van der Waals surface area contributed by atoms with Gasteiger partial charge in [-0.3, -0.25) is 9.36 Å². The van der Waals surface area contributed by atoms with E-state index in [1.54, 1.807) is 0 Å². The molecule has 0 bridgehead atoms. The molecule has 0 saturated heterocycles. The predicted octanol–water partition coefficient (Wildman–Crippen LogP) is 3.54. The number of aromatic nitrogens is 4. The maximum atomic E-state index is 7.00. The van der Waals surface area contributed by atoms with Crippen molar-refractivity contribution in [3.05, 3.63) is 59.4 Å². The lowest BCUT2D eigenvalue weighted by molar-refractivity contribution is 0.399. The van der Waals surface area contributed by atoms with Gasteiger partial charge in [0.25, 0.3) is 0 Å². The van der Waals surface area contributed by atoms with Crippen molar-refractivity contribution in [1.82, 2.24) is 19.6 Å². The highest BCUT2D eigenvalue weighted by Gasteiger charge is 2.05. The highest BCUT2D eigenvalue weighted by Crippen LogP contribution is 2.21. The third-order valence-electron chi connectivity index (χ3n) is 4.61. The molecule has 0 saturated carbocycles. The lowest BCUT2D eigenvalue weighted by Gasteiger charge is -2.05. The Balaban J connectivity index is 0.000000240. The minimum Gasteiger partial charge on any atom is -0.400 e. The van der Waals surface area contributed by atoms with Gasteiger partial charge in [0.05, 0.1) is 23.4 Å². The molecule has 6 nitrogen and oxygen atoms in total. The van der Waals surface area contributed by atoms with Gasteiger partial charge in [0.1, 0.15) is 0 Å². The van der Waals surface area contributed by atoms with Crippen molar-refractivity contribution in [2.75, 3.05) is 14.2 Å². The minimum atomic E-state index is 1.00. The molecule has 2 aromatic heterocycles. The number of hydrogen-bond acceptors (Lipinski definition) is 4. The second-order valence-electron chi connectivity index (χ2n) is 6.19. The van der Waals surface area contributed by atoms with Crippen LogP contribution in [0.25, 0.3) is 21.8 Å². The first-order valence-corrected chi connectivity index (χ1v) is 9.20. The van der Waals surface area contributed by atoms with E-state index in [2.05, 4.69) is 61.3 Å². The van der Waals surface area contributed by atoms with Crippen molar-refractivity contribution in [3.8, 4) is 0 Å². The summed E-state index contributed by atoms with van der Waals surface area (Å²) in [5.74, 6) is 0. The van der Waals surface area contributed by atoms with Gasteiger partial charge in [0, 0.05) is 39.1 Å². The second kappa shape index (κ2) is 11.2. The summed E-state index contributed by atoms with van der Waals surface area (Å²) in [7, 11) is 5.96. The molecule has 0 atom stereocenters. The highest BCUT2D eigenvalue weighted by atomic mass is 16.2. The van der Waals surface area contributed by atoms with E-state index in [1.165, 1.54) is 38.5 Å². The molecule has 0 aliphatic heterocycles. The zero-order valence-electron chi connectivity index (χ0n) is 17.9. The molecule has 0 unspecified atom stereocenters. The Morgan fingerprint density at radius 1 is 0.786 bits per heavy atom. The molecule has 0 aliphatic rings. The summed E-state index contributed by atoms with van der Waals surface area (Å²) in [5.41, 5.74) is 6.55. The molecule has 2 N–H and O–H groups in total. The lowest BCUT2D eigenvalue weighted by atomic mass is 10.0. The zero-order valence-corrected chi connectivity index (χ0v) is 17.9. The van der Waals surface area contributed by atoms with E-state index in [0.717, 1.165) is 20.6 Å². The number of fused-ring (bicyclic) bond motifs is 2. The monoisotopic (exact) mass is 384 g/mol. The van der Waals surface area contributed by atoms with Crippen molar-refractivity contribution in [2.45, 2.75) is 27.2 Å². The lowest BCUT2D eigenvalue weighted by Crippen LogP contribution is -1.94. The normalized spacial score (nSPS) is 9.75. The molecule has 0 aliphatic carbocycles. The summed E-state index contributed by atoms with van der Waals surface area (Å²) in [4.78, 5) is 0. The number of rotatable bonds is 1. The summed E-state index contributed by atoms with van der Waals surface area (Å²) >= 11 is 0. The Morgan fingerprint density at radius 2 is 1.32 bits per heavy atom. The Morgan fingerprint density at radius 3 is 1.86 bits per heavy atom. The fourth-order valence-corrected chi connectivity index (χ4v) is 3.32. The maximum absolute atomic E-state index is 7.00. The van der Waals surface area contributed by atoms with Crippen LogP contribution in [0.2, 0.25) is 0 Å². The van der Waals surface area contributed by atoms with Gasteiger partial charge >= 0.3 is 0 Å². The van der Waals surface area contributed by atoms with Crippen molar-refractivity contribution in [1.29, 1.82) is 0 Å². The molecule has 2 aromatic carbocycles. The average Bonchev–Trinajstić information content (AvgIpc) is 3.30. The van der Waals surface area contributed by atoms with E-state index in [1.807, 2.05) is 35.9 Å². The number of nitrogens with zero attached hydrogens (tertiary/aromatic N) is 4. The predicted molar refractivity (Wildman–Crippen MR) is 117 cm³/mol. The van der Waals surface area contributed by atoms with Crippen LogP contribution in [-0.2, 0) is 20.5 Å². The van der Waals surface area contributed by atoms with Crippen LogP contribution in [-0.4, -0.2) is 44.0 Å². The summed E-state index contributed by atoms with van der Waals surface area (Å²) < 4.78 is 3.86. The first-order chi connectivity index (χ1) is 13.5. The number of aliphatic hydroxyl groups excluding tert-OH is 2. The van der Waals surface area contributed by atoms with Gasteiger partial charge < -0.3 is 10.2 Å². The molecular weight excluding hydrogens is 352 g/mol. The Kier molecular flexibility index (Phi) is 9.35. The average molecular weight is 385 g/mol. The van der Waals surface area contributed by atoms with Crippen LogP contribution in [0.15, 0.2) is 42.7 Å². The second-order valence-corrected chi connectivity index (χ2v) is 6.19. The number of para-hydroxylation sites is 1. The SMILES string of the molecule is CCc1ccc2cnn(C)c2c1C.CO.CO.Cc1cccc2cnn(C)c12. The fraction of sp³-hybridized carbons (Fsp3) is 0.364. The molecule has 0 amide bonds. The van der Waals surface area contributed by atoms with Crippen LogP contribution < -0.4 is 0 Å². The van der Waals surface area contributed by atoms with Gasteiger partial charge in [-0.2, -0.15) is 10.2 Å². The van der Waals surface area contributed by atoms with Gasteiger partial charge in [-0.1, -0.05) is 37.3 Å². The fourth-order valence-electron chi connectivity index (χ4n) is 3.32. The van der Waals surface area contributed by atoms with Gasteiger partial charge in [-0.25, -0.2) is 0 Å². The number of aryl methyl sites for hydroxylation is 5. The van der Waals surface area contributed by atoms with Crippen molar-refractivity contribution in [2.24, 2.45) is 14.1 Å². The van der Waals surface area contributed by atoms with Crippen LogP contribution in [0.3, 0.4) is 0 Å². The molecule has 0 spiro atoms. The van der Waals surface area contributed by atoms with E-state index in [-0.39, 0.29) is 0 Å². The topological polar surface area (TPSA) is 76.1 Å². The van der Waals surface area contributed by atoms with Crippen molar-refractivity contribution in [3.63, 3.8) is 0 Å². The van der Waals surface area contributed by atoms with E-state index < -0.39 is 0 Å². The van der Waals surface area contributed by atoms with Gasteiger partial charge in [0.15, 0.2) is 0 Å². The van der Waals surface area contributed by atoms with E-state index in [9.17, 15) is 0 Å². The minimum absolute atomic E-state index is 1.00. The molecule has 152 valence electrons. The quantitative estimate of drug-likeness (QED) is 0.526. The molecule has 0 fully saturated rings. The zero-order chi connectivity index (χ0) is 21.3. The molecule has 4 rings (SSSR count). The van der Waals surface area contributed by atoms with Crippen molar-refractivity contribution >= 4 is 21.8 Å². The largest absolute Gasteiger partial charge is 0.400 e. The van der Waals surface area contributed by atoms with E-state index in [4.69, 9.17) is 10.2 Å². The third-order valence-corrected chi connectivity index (χ3v) is 4.61. The van der Waals surface area contributed by atoms with E-state index >= 15 is 0 Å². The molecule has 28 heavy (non-hydrogen) atoms. The van der Waals surface area contributed by atoms with Gasteiger partial charge in [0.2, 0.25) is 0 Å². The first kappa shape index (κ1) is 23.3. The van der Waals surface area contributed by atoms with Gasteiger partial charge in [-0.15, -0.1) is 0 Å². The van der Waals surface area contributed by atoms with E-state index in [0.29, 0.717) is 0 Å². The molecule has 0 radical (unpaired) electrons. The Labute approximate surface area is 167 Å². The number of benzene rings is 2. The van der Waals surface area contributed by atoms with Crippen molar-refractivity contribution < 1.29 is 10.2 Å². The molecule has 2 heterocycles. The third kappa shape index (κ3) is 4.97. The molecule has 6 heteroatoms. The maximum Gasteiger partial charge on any atom is 0.0710 e. The molecular formula is C22H32N4O2. The smallest absolute Gasteiger partial charge is 0.0710 e. The Bertz CT molecular complexity index is 1000. The molecule has 4 aromatic rings. The first-order valence-electron chi connectivity index (χ1n) is 9.20. The summed E-state index contributed by atoms with van der Waals surface area (Å²) in [6.07, 6.45) is 4.90. The van der Waals surface area contributed by atoms with Crippen LogP contribution in [0.5, 0.6) is 0 Å². The summed E-state index contributed by atoms with van der Waals surface area (Å²) in [6, 6.07) is 10.6. The van der Waals surface area contributed by atoms with Crippen LogP contribution in [0, 0.1) is 13.8 Å². The van der Waals surface area contributed by atoms with Gasteiger partial charge in [-0.05, 0) is 37.0 Å². The van der Waals surface area contributed by atoms with Crippen LogP contribution >= 0.6 is 0 Å².